The van der Waals surface area contributed by atoms with Crippen LogP contribution in [0.4, 0.5) is 11.6 Å². The van der Waals surface area contributed by atoms with E-state index >= 15 is 0 Å². The van der Waals surface area contributed by atoms with Gasteiger partial charge in [0, 0.05) is 29.6 Å². The smallest absolute Gasteiger partial charge is 0.256 e. The maximum Gasteiger partial charge on any atom is 0.256 e. The Balaban J connectivity index is 1.45. The summed E-state index contributed by atoms with van der Waals surface area (Å²) in [5, 5.41) is 8.62. The summed E-state index contributed by atoms with van der Waals surface area (Å²) < 4.78 is 48.9. The first-order valence-electron chi connectivity index (χ1n) is 12.0. The number of sulfone groups is 1. The first-order valence-corrected chi connectivity index (χ1v) is 15.6. The van der Waals surface area contributed by atoms with Crippen LogP contribution in [-0.2, 0) is 19.9 Å². The molecule has 0 saturated heterocycles. The van der Waals surface area contributed by atoms with Crippen LogP contribution in [0.5, 0.6) is 0 Å². The lowest BCUT2D eigenvalue weighted by Gasteiger charge is -2.13. The van der Waals surface area contributed by atoms with E-state index in [1.54, 1.807) is 18.5 Å². The average molecular weight is 551 g/mol. The van der Waals surface area contributed by atoms with E-state index in [9.17, 15) is 16.8 Å². The Morgan fingerprint density at radius 3 is 2.55 bits per heavy atom. The Kier molecular flexibility index (Phi) is 6.66. The third kappa shape index (κ3) is 5.54. The van der Waals surface area contributed by atoms with Crippen LogP contribution in [0.1, 0.15) is 43.7 Å². The van der Waals surface area contributed by atoms with Crippen molar-refractivity contribution in [3.05, 3.63) is 60.2 Å². The lowest BCUT2D eigenvalue weighted by molar-refractivity contribution is 0.578. The van der Waals surface area contributed by atoms with E-state index in [1.165, 1.54) is 12.4 Å². The summed E-state index contributed by atoms with van der Waals surface area (Å²) in [4.78, 5) is 13.3. The Morgan fingerprint density at radius 1 is 1.05 bits per heavy atom. The van der Waals surface area contributed by atoms with Gasteiger partial charge in [-0.25, -0.2) is 31.8 Å². The minimum atomic E-state index is -3.48. The Hall–Kier alpha value is -3.82. The molecule has 3 aromatic heterocycles. The van der Waals surface area contributed by atoms with E-state index in [2.05, 4.69) is 51.1 Å². The summed E-state index contributed by atoms with van der Waals surface area (Å²) >= 11 is 0. The van der Waals surface area contributed by atoms with Gasteiger partial charge in [0.25, 0.3) is 10.0 Å². The summed E-state index contributed by atoms with van der Waals surface area (Å²) in [5.74, 6) is 7.09. The van der Waals surface area contributed by atoms with Crippen LogP contribution in [0.15, 0.2) is 49.1 Å². The predicted molar refractivity (Wildman–Crippen MR) is 146 cm³/mol. The summed E-state index contributed by atoms with van der Waals surface area (Å²) in [7, 11) is -6.66. The van der Waals surface area contributed by atoms with Gasteiger partial charge in [-0.05, 0) is 47.9 Å². The number of aromatic nitrogens is 5. The molecular weight excluding hydrogens is 524 g/mol. The molecule has 0 aliphatic heterocycles. The molecule has 3 heterocycles. The molecule has 4 aromatic rings. The van der Waals surface area contributed by atoms with Crippen molar-refractivity contribution < 1.29 is 16.8 Å². The maximum atomic E-state index is 12.5. The highest BCUT2D eigenvalue weighted by molar-refractivity contribution is 7.91. The lowest BCUT2D eigenvalue weighted by Crippen LogP contribution is -2.17. The largest absolute Gasteiger partial charge is 0.325 e. The van der Waals surface area contributed by atoms with Crippen molar-refractivity contribution in [2.75, 3.05) is 17.3 Å². The van der Waals surface area contributed by atoms with Crippen molar-refractivity contribution in [3.63, 3.8) is 0 Å². The fraction of sp³-hybridized carbons (Fsp3) is 0.308. The van der Waals surface area contributed by atoms with Crippen LogP contribution in [0.25, 0.3) is 22.2 Å². The van der Waals surface area contributed by atoms with Crippen LogP contribution in [-0.4, -0.2) is 58.2 Å². The summed E-state index contributed by atoms with van der Waals surface area (Å²) in [5.41, 5.74) is 2.30. The van der Waals surface area contributed by atoms with Crippen molar-refractivity contribution in [1.29, 1.82) is 0 Å². The average Bonchev–Trinajstić information content (AvgIpc) is 3.60. The molecule has 0 unspecified atom stereocenters. The second kappa shape index (κ2) is 9.81. The number of rotatable bonds is 7. The van der Waals surface area contributed by atoms with Gasteiger partial charge < -0.3 is 5.32 Å². The zero-order valence-corrected chi connectivity index (χ0v) is 22.7. The molecule has 0 atom stereocenters. The fourth-order valence-corrected chi connectivity index (χ4v) is 5.79. The third-order valence-corrected chi connectivity index (χ3v) is 8.75. The highest BCUT2D eigenvalue weighted by Crippen LogP contribution is 2.31. The highest BCUT2D eigenvalue weighted by Gasteiger charge is 2.37. The molecule has 1 aromatic carbocycles. The van der Waals surface area contributed by atoms with Crippen LogP contribution >= 0.6 is 0 Å². The van der Waals surface area contributed by atoms with Gasteiger partial charge in [0.05, 0.1) is 23.2 Å². The highest BCUT2D eigenvalue weighted by atomic mass is 32.2. The zero-order valence-electron chi connectivity index (χ0n) is 21.1. The van der Waals surface area contributed by atoms with E-state index < -0.39 is 19.9 Å². The van der Waals surface area contributed by atoms with Crippen molar-refractivity contribution in [1.82, 2.24) is 24.1 Å². The molecule has 0 amide bonds. The van der Waals surface area contributed by atoms with Gasteiger partial charge in [0.15, 0.2) is 15.7 Å². The quantitative estimate of drug-likeness (QED) is 0.343. The van der Waals surface area contributed by atoms with Crippen molar-refractivity contribution >= 4 is 42.3 Å². The van der Waals surface area contributed by atoms with Gasteiger partial charge in [-0.15, -0.1) is 0 Å². The molecule has 1 saturated carbocycles. The van der Waals surface area contributed by atoms with Gasteiger partial charge in [-0.2, -0.15) is 9.19 Å². The fourth-order valence-electron chi connectivity index (χ4n) is 3.98. The number of anilines is 2. The molecule has 1 N–H and O–H groups in total. The minimum Gasteiger partial charge on any atom is -0.325 e. The molecule has 12 heteroatoms. The molecule has 196 valence electrons. The number of pyridine rings is 1. The van der Waals surface area contributed by atoms with Crippen molar-refractivity contribution in [2.24, 2.45) is 0 Å². The lowest BCUT2D eigenvalue weighted by atomic mass is 9.94. The summed E-state index contributed by atoms with van der Waals surface area (Å²) in [6.45, 7) is 4.19. The van der Waals surface area contributed by atoms with E-state index in [0.29, 0.717) is 41.4 Å². The van der Waals surface area contributed by atoms with Gasteiger partial charge in [0.1, 0.15) is 17.4 Å². The van der Waals surface area contributed by atoms with Crippen LogP contribution in [0.3, 0.4) is 0 Å². The molecule has 0 bridgehead atoms. The number of hydrogen-bond acceptors (Lipinski definition) is 9. The summed E-state index contributed by atoms with van der Waals surface area (Å²) in [6.07, 6.45) is 8.62. The Morgan fingerprint density at radius 2 is 1.84 bits per heavy atom. The van der Waals surface area contributed by atoms with Gasteiger partial charge >= 0.3 is 0 Å². The maximum absolute atomic E-state index is 12.5. The van der Waals surface area contributed by atoms with E-state index in [4.69, 9.17) is 0 Å². The molecule has 0 radical (unpaired) electrons. The predicted octanol–water partition coefficient (Wildman–Crippen LogP) is 3.49. The molecular formula is C26H26N6O4S2. The van der Waals surface area contributed by atoms with Gasteiger partial charge in [0.2, 0.25) is 0 Å². The first kappa shape index (κ1) is 25.8. The molecule has 10 nitrogen and oxygen atoms in total. The molecule has 0 spiro atoms. The molecule has 1 aliphatic rings. The van der Waals surface area contributed by atoms with Crippen LogP contribution in [0, 0.1) is 11.8 Å². The van der Waals surface area contributed by atoms with Gasteiger partial charge in [-0.1, -0.05) is 31.8 Å². The minimum absolute atomic E-state index is 0.213. The van der Waals surface area contributed by atoms with E-state index in [-0.39, 0.29) is 16.9 Å². The molecule has 5 rings (SSSR count). The van der Waals surface area contributed by atoms with Crippen molar-refractivity contribution in [3.8, 4) is 23.2 Å². The number of nitrogens with zero attached hydrogens (tertiary/aromatic N) is 5. The standard InChI is InChI=1S/C26H26N6O4S2/c1-17(2)21-9-6-18(5-4-12-37(3,33)34)23-15-28-25(13-22(21)23)30-24-10-11-27-26(31-24)19-14-29-32(16-19)38(35,36)20-7-8-20/h6,9-11,13-17,20H,7-8,12H2,1-3H3,(H,27,28,30,31). The second-order valence-corrected chi connectivity index (χ2v) is 13.8. The normalized spacial score (nSPS) is 13.9. The monoisotopic (exact) mass is 550 g/mol. The van der Waals surface area contributed by atoms with E-state index in [1.807, 2.05) is 18.2 Å². The van der Waals surface area contributed by atoms with Crippen LogP contribution in [0.2, 0.25) is 0 Å². The zero-order chi connectivity index (χ0) is 27.1. The number of fused-ring (bicyclic) bond motifs is 1. The van der Waals surface area contributed by atoms with Crippen molar-refractivity contribution in [2.45, 2.75) is 37.9 Å². The topological polar surface area (TPSA) is 137 Å². The first-order chi connectivity index (χ1) is 18.0. The molecule has 1 aliphatic carbocycles. The molecule has 1 fully saturated rings. The molecule has 38 heavy (non-hydrogen) atoms. The SMILES string of the molecule is CC(C)c1ccc(C#CCS(C)(=O)=O)c2cnc(Nc3ccnc(-c4cnn(S(=O)(=O)C5CC5)c4)n3)cc12. The number of benzene rings is 1. The summed E-state index contributed by atoms with van der Waals surface area (Å²) in [6, 6.07) is 7.49. The van der Waals surface area contributed by atoms with E-state index in [0.717, 1.165) is 26.7 Å². The second-order valence-electron chi connectivity index (χ2n) is 9.58. The number of hydrogen-bond donors (Lipinski definition) is 1. The Bertz CT molecular complexity index is 1820. The van der Waals surface area contributed by atoms with Crippen LogP contribution < -0.4 is 5.32 Å². The van der Waals surface area contributed by atoms with Gasteiger partial charge in [-0.3, -0.25) is 0 Å². The number of nitrogens with one attached hydrogen (secondary N) is 1. The third-order valence-electron chi connectivity index (χ3n) is 6.05. The Labute approximate surface area is 221 Å².